The van der Waals surface area contributed by atoms with Crippen molar-refractivity contribution in [1.29, 1.82) is 0 Å². The SMILES string of the molecule is COc1cc(OC)c(NC(=O)CCCOc2ccccc2C)cc1Cl. The van der Waals surface area contributed by atoms with Crippen LogP contribution in [0.5, 0.6) is 17.2 Å². The van der Waals surface area contributed by atoms with Gasteiger partial charge in [-0.3, -0.25) is 4.79 Å². The third-order valence-electron chi connectivity index (χ3n) is 3.65. The minimum Gasteiger partial charge on any atom is -0.495 e. The molecule has 6 heteroatoms. The van der Waals surface area contributed by atoms with Crippen LogP contribution in [-0.2, 0) is 4.79 Å². The molecule has 0 aliphatic carbocycles. The van der Waals surface area contributed by atoms with Gasteiger partial charge in [-0.1, -0.05) is 29.8 Å². The van der Waals surface area contributed by atoms with Crippen LogP contribution in [0, 0.1) is 6.92 Å². The number of carbonyl (C=O) groups excluding carboxylic acids is 1. The second kappa shape index (κ2) is 9.18. The van der Waals surface area contributed by atoms with Crippen LogP contribution >= 0.6 is 11.6 Å². The van der Waals surface area contributed by atoms with Crippen molar-refractivity contribution in [2.45, 2.75) is 19.8 Å². The zero-order valence-electron chi connectivity index (χ0n) is 14.6. The monoisotopic (exact) mass is 363 g/mol. The number of nitrogens with one attached hydrogen (secondary N) is 1. The predicted octanol–water partition coefficient (Wildman–Crippen LogP) is 4.46. The molecule has 0 atom stereocenters. The van der Waals surface area contributed by atoms with Crippen molar-refractivity contribution < 1.29 is 19.0 Å². The van der Waals surface area contributed by atoms with Crippen molar-refractivity contribution in [1.82, 2.24) is 0 Å². The highest BCUT2D eigenvalue weighted by Crippen LogP contribution is 2.35. The average molecular weight is 364 g/mol. The Morgan fingerprint density at radius 2 is 1.80 bits per heavy atom. The summed E-state index contributed by atoms with van der Waals surface area (Å²) >= 11 is 6.10. The van der Waals surface area contributed by atoms with Crippen molar-refractivity contribution in [3.63, 3.8) is 0 Å². The van der Waals surface area contributed by atoms with Crippen LogP contribution in [0.3, 0.4) is 0 Å². The highest BCUT2D eigenvalue weighted by atomic mass is 35.5. The molecular formula is C19H22ClNO4. The molecule has 2 aromatic rings. The summed E-state index contributed by atoms with van der Waals surface area (Å²) in [7, 11) is 3.04. The molecule has 0 aliphatic rings. The van der Waals surface area contributed by atoms with Gasteiger partial charge in [-0.05, 0) is 31.0 Å². The smallest absolute Gasteiger partial charge is 0.224 e. The van der Waals surface area contributed by atoms with E-state index < -0.39 is 0 Å². The predicted molar refractivity (Wildman–Crippen MR) is 99.1 cm³/mol. The number of anilines is 1. The van der Waals surface area contributed by atoms with Gasteiger partial charge in [0.2, 0.25) is 5.91 Å². The van der Waals surface area contributed by atoms with Crippen molar-refractivity contribution in [3.8, 4) is 17.2 Å². The molecule has 0 radical (unpaired) electrons. The minimum atomic E-state index is -0.132. The van der Waals surface area contributed by atoms with Crippen LogP contribution in [0.1, 0.15) is 18.4 Å². The molecule has 0 aliphatic heterocycles. The molecule has 2 aromatic carbocycles. The van der Waals surface area contributed by atoms with Gasteiger partial charge >= 0.3 is 0 Å². The van der Waals surface area contributed by atoms with Crippen LogP contribution in [0.4, 0.5) is 5.69 Å². The van der Waals surface area contributed by atoms with Gasteiger partial charge in [-0.25, -0.2) is 0 Å². The Kier molecular flexibility index (Phi) is 6.95. The largest absolute Gasteiger partial charge is 0.495 e. The Balaban J connectivity index is 1.86. The number of aryl methyl sites for hydroxylation is 1. The van der Waals surface area contributed by atoms with E-state index in [1.807, 2.05) is 31.2 Å². The second-order valence-electron chi connectivity index (χ2n) is 5.45. The highest BCUT2D eigenvalue weighted by Gasteiger charge is 2.12. The van der Waals surface area contributed by atoms with E-state index in [2.05, 4.69) is 5.32 Å². The number of carbonyl (C=O) groups is 1. The van der Waals surface area contributed by atoms with Crippen LogP contribution in [-0.4, -0.2) is 26.7 Å². The lowest BCUT2D eigenvalue weighted by molar-refractivity contribution is -0.116. The van der Waals surface area contributed by atoms with Crippen molar-refractivity contribution in [2.24, 2.45) is 0 Å². The van der Waals surface area contributed by atoms with E-state index in [1.54, 1.807) is 12.1 Å². The van der Waals surface area contributed by atoms with Gasteiger partial charge in [0, 0.05) is 12.5 Å². The maximum Gasteiger partial charge on any atom is 0.224 e. The maximum atomic E-state index is 12.1. The first-order valence-corrected chi connectivity index (χ1v) is 8.32. The number of hydrogen-bond acceptors (Lipinski definition) is 4. The molecule has 1 amide bonds. The number of ether oxygens (including phenoxy) is 3. The molecule has 0 saturated heterocycles. The lowest BCUT2D eigenvalue weighted by atomic mass is 10.2. The molecule has 0 bridgehead atoms. The first-order chi connectivity index (χ1) is 12.0. The van der Waals surface area contributed by atoms with Gasteiger partial charge in [-0.15, -0.1) is 0 Å². The summed E-state index contributed by atoms with van der Waals surface area (Å²) < 4.78 is 16.1. The van der Waals surface area contributed by atoms with Gasteiger partial charge in [0.05, 0.1) is 31.5 Å². The summed E-state index contributed by atoms with van der Waals surface area (Å²) in [5.41, 5.74) is 1.59. The summed E-state index contributed by atoms with van der Waals surface area (Å²) in [6.45, 7) is 2.46. The fraction of sp³-hybridized carbons (Fsp3) is 0.316. The fourth-order valence-electron chi connectivity index (χ4n) is 2.30. The molecule has 0 spiro atoms. The average Bonchev–Trinajstić information content (AvgIpc) is 2.60. The number of hydrogen-bond donors (Lipinski definition) is 1. The summed E-state index contributed by atoms with van der Waals surface area (Å²) in [4.78, 5) is 12.1. The molecular weight excluding hydrogens is 342 g/mol. The maximum absolute atomic E-state index is 12.1. The third-order valence-corrected chi connectivity index (χ3v) is 3.94. The number of methoxy groups -OCH3 is 2. The number of halogens is 1. The lowest BCUT2D eigenvalue weighted by Gasteiger charge is -2.13. The summed E-state index contributed by atoms with van der Waals surface area (Å²) in [6, 6.07) is 11.0. The Labute approximate surface area is 152 Å². The highest BCUT2D eigenvalue weighted by molar-refractivity contribution is 6.32. The number of benzene rings is 2. The van der Waals surface area contributed by atoms with Gasteiger partial charge in [0.15, 0.2) is 0 Å². The Morgan fingerprint density at radius 3 is 2.48 bits per heavy atom. The van der Waals surface area contributed by atoms with Crippen LogP contribution in [0.25, 0.3) is 0 Å². The Hall–Kier alpha value is -2.40. The molecule has 0 aromatic heterocycles. The molecule has 134 valence electrons. The van der Waals surface area contributed by atoms with Gasteiger partial charge in [0.1, 0.15) is 17.2 Å². The first-order valence-electron chi connectivity index (χ1n) is 7.95. The van der Waals surface area contributed by atoms with Gasteiger partial charge < -0.3 is 19.5 Å². The van der Waals surface area contributed by atoms with E-state index in [0.29, 0.717) is 41.7 Å². The number of amides is 1. The molecule has 0 unspecified atom stereocenters. The number of para-hydroxylation sites is 1. The molecule has 0 fully saturated rings. The van der Waals surface area contributed by atoms with Crippen LogP contribution in [0.2, 0.25) is 5.02 Å². The van der Waals surface area contributed by atoms with Crippen molar-refractivity contribution >= 4 is 23.2 Å². The van der Waals surface area contributed by atoms with E-state index in [-0.39, 0.29) is 5.91 Å². The Morgan fingerprint density at radius 1 is 1.08 bits per heavy atom. The van der Waals surface area contributed by atoms with Crippen molar-refractivity contribution in [3.05, 3.63) is 47.0 Å². The van der Waals surface area contributed by atoms with E-state index in [9.17, 15) is 4.79 Å². The van der Waals surface area contributed by atoms with Crippen LogP contribution in [0.15, 0.2) is 36.4 Å². The summed E-state index contributed by atoms with van der Waals surface area (Å²) in [5, 5.41) is 3.21. The van der Waals surface area contributed by atoms with Crippen LogP contribution < -0.4 is 19.5 Å². The third kappa shape index (κ3) is 5.29. The molecule has 1 N–H and O–H groups in total. The fourth-order valence-corrected chi connectivity index (χ4v) is 2.54. The molecule has 2 rings (SSSR count). The van der Waals surface area contributed by atoms with E-state index >= 15 is 0 Å². The van der Waals surface area contributed by atoms with E-state index in [1.165, 1.54) is 14.2 Å². The van der Waals surface area contributed by atoms with Gasteiger partial charge in [-0.2, -0.15) is 0 Å². The summed E-state index contributed by atoms with van der Waals surface area (Å²) in [6.07, 6.45) is 0.936. The van der Waals surface area contributed by atoms with E-state index in [0.717, 1.165) is 11.3 Å². The zero-order chi connectivity index (χ0) is 18.2. The molecule has 0 heterocycles. The first kappa shape index (κ1) is 18.9. The quantitative estimate of drug-likeness (QED) is 0.703. The van der Waals surface area contributed by atoms with Gasteiger partial charge in [0.25, 0.3) is 0 Å². The van der Waals surface area contributed by atoms with E-state index in [4.69, 9.17) is 25.8 Å². The molecule has 25 heavy (non-hydrogen) atoms. The lowest BCUT2D eigenvalue weighted by Crippen LogP contribution is -2.13. The normalized spacial score (nSPS) is 10.2. The molecule has 5 nitrogen and oxygen atoms in total. The zero-order valence-corrected chi connectivity index (χ0v) is 15.4. The number of rotatable bonds is 8. The second-order valence-corrected chi connectivity index (χ2v) is 5.86. The Bertz CT molecular complexity index is 733. The summed E-state index contributed by atoms with van der Waals surface area (Å²) in [5.74, 6) is 1.69. The topological polar surface area (TPSA) is 56.8 Å². The minimum absolute atomic E-state index is 0.132. The standard InChI is InChI=1S/C19H22ClNO4/c1-13-7-4-5-8-16(13)25-10-6-9-19(22)21-15-11-14(20)17(23-2)12-18(15)24-3/h4-5,7-8,11-12H,6,9-10H2,1-3H3,(H,21,22). The van der Waals surface area contributed by atoms with Crippen molar-refractivity contribution in [2.75, 3.05) is 26.1 Å². The molecule has 0 saturated carbocycles.